The van der Waals surface area contributed by atoms with Gasteiger partial charge < -0.3 is 4.74 Å². The maximum absolute atomic E-state index is 5.67. The number of nitrogens with one attached hydrogen (secondary N) is 1. The van der Waals surface area contributed by atoms with Gasteiger partial charge in [-0.1, -0.05) is 6.42 Å². The van der Waals surface area contributed by atoms with Crippen molar-refractivity contribution in [3.05, 3.63) is 0 Å². The molecule has 0 amide bonds. The molecule has 0 aromatic heterocycles. The molecule has 0 aromatic rings. The zero-order valence-corrected chi connectivity index (χ0v) is 8.40. The first-order chi connectivity index (χ1) is 5.86. The van der Waals surface area contributed by atoms with E-state index in [4.69, 9.17) is 4.74 Å². The molecule has 3 heteroatoms. The van der Waals surface area contributed by atoms with Crippen LogP contribution in [0, 0.1) is 0 Å². The highest BCUT2D eigenvalue weighted by molar-refractivity contribution is 8.00. The molecule has 0 bridgehead atoms. The van der Waals surface area contributed by atoms with Crippen molar-refractivity contribution in [1.29, 1.82) is 0 Å². The van der Waals surface area contributed by atoms with Gasteiger partial charge in [-0.2, -0.15) is 11.8 Å². The van der Waals surface area contributed by atoms with Crippen molar-refractivity contribution in [1.82, 2.24) is 5.32 Å². The molecule has 0 radical (unpaired) electrons. The van der Waals surface area contributed by atoms with E-state index in [2.05, 4.69) is 24.0 Å². The summed E-state index contributed by atoms with van der Waals surface area (Å²) in [5, 5.41) is 4.19. The summed E-state index contributed by atoms with van der Waals surface area (Å²) in [6.45, 7) is 3.08. The second kappa shape index (κ2) is 3.99. The van der Waals surface area contributed by atoms with Gasteiger partial charge in [-0.15, -0.1) is 0 Å². The third-order valence-electron chi connectivity index (χ3n) is 2.53. The van der Waals surface area contributed by atoms with Crippen LogP contribution >= 0.6 is 11.8 Å². The Balaban J connectivity index is 1.83. The van der Waals surface area contributed by atoms with Crippen LogP contribution in [0.2, 0.25) is 0 Å². The fraction of sp³-hybridized carbons (Fsp3) is 1.00. The maximum Gasteiger partial charge on any atom is 0.120 e. The number of hydrogen-bond donors (Lipinski definition) is 1. The first-order valence-electron chi connectivity index (χ1n) is 4.85. The Bertz CT molecular complexity index is 145. The predicted molar refractivity (Wildman–Crippen MR) is 52.4 cm³/mol. The normalized spacial score (nSPS) is 43.2. The van der Waals surface area contributed by atoms with E-state index in [1.807, 2.05) is 0 Å². The lowest BCUT2D eigenvalue weighted by Crippen LogP contribution is -2.37. The highest BCUT2D eigenvalue weighted by Gasteiger charge is 2.30. The van der Waals surface area contributed by atoms with Gasteiger partial charge in [-0.05, 0) is 25.5 Å². The van der Waals surface area contributed by atoms with Crippen LogP contribution in [-0.4, -0.2) is 29.9 Å². The zero-order valence-electron chi connectivity index (χ0n) is 7.58. The highest BCUT2D eigenvalue weighted by Crippen LogP contribution is 2.29. The summed E-state index contributed by atoms with van der Waals surface area (Å²) in [5.41, 5.74) is 0. The summed E-state index contributed by atoms with van der Waals surface area (Å²) in [7, 11) is 0. The van der Waals surface area contributed by atoms with Crippen molar-refractivity contribution in [3.8, 4) is 0 Å². The minimum absolute atomic E-state index is 0.338. The van der Waals surface area contributed by atoms with Crippen LogP contribution in [0.25, 0.3) is 0 Å². The molecule has 3 atom stereocenters. The van der Waals surface area contributed by atoms with Gasteiger partial charge in [0.05, 0.1) is 6.61 Å². The molecule has 0 spiro atoms. The average Bonchev–Trinajstić information content (AvgIpc) is 2.54. The molecule has 3 unspecified atom stereocenters. The molecule has 2 fully saturated rings. The summed E-state index contributed by atoms with van der Waals surface area (Å²) in [6.07, 6.45) is 4.44. The molecule has 2 nitrogen and oxygen atoms in total. The summed E-state index contributed by atoms with van der Waals surface area (Å²) in [6, 6.07) is 0.553. The van der Waals surface area contributed by atoms with E-state index in [1.54, 1.807) is 0 Å². The molecule has 2 heterocycles. The smallest absolute Gasteiger partial charge is 0.120 e. The predicted octanol–water partition coefficient (Wildman–Crippen LogP) is 1.61. The minimum Gasteiger partial charge on any atom is -0.361 e. The monoisotopic (exact) mass is 187 g/mol. The second-order valence-corrected chi connectivity index (χ2v) is 5.07. The SMILES string of the molecule is CC1COC(C2CCCCS2)N1. The first kappa shape index (κ1) is 8.85. The van der Waals surface area contributed by atoms with E-state index in [0.717, 1.165) is 6.61 Å². The molecular formula is C9H17NOS. The molecule has 1 N–H and O–H groups in total. The molecule has 2 aliphatic rings. The van der Waals surface area contributed by atoms with Crippen LogP contribution in [0.1, 0.15) is 26.2 Å². The van der Waals surface area contributed by atoms with Crippen molar-refractivity contribution < 1.29 is 4.74 Å². The van der Waals surface area contributed by atoms with Gasteiger partial charge in [-0.25, -0.2) is 0 Å². The standard InChI is InChI=1S/C9H17NOS/c1-7-6-11-9(10-7)8-4-2-3-5-12-8/h7-10H,2-6H2,1H3. The van der Waals surface area contributed by atoms with Crippen LogP contribution in [-0.2, 0) is 4.74 Å². The highest BCUT2D eigenvalue weighted by atomic mass is 32.2. The number of hydrogen-bond acceptors (Lipinski definition) is 3. The molecule has 2 saturated heterocycles. The second-order valence-electron chi connectivity index (χ2n) is 3.73. The molecule has 70 valence electrons. The van der Waals surface area contributed by atoms with Crippen molar-refractivity contribution in [2.45, 2.75) is 43.7 Å². The Morgan fingerprint density at radius 1 is 1.42 bits per heavy atom. The average molecular weight is 187 g/mol. The maximum atomic E-state index is 5.67. The number of rotatable bonds is 1. The fourth-order valence-corrected chi connectivity index (χ4v) is 3.18. The summed E-state index contributed by atoms with van der Waals surface area (Å²) >= 11 is 2.07. The van der Waals surface area contributed by atoms with Gasteiger partial charge in [0.15, 0.2) is 0 Å². The summed E-state index contributed by atoms with van der Waals surface area (Å²) < 4.78 is 5.67. The van der Waals surface area contributed by atoms with E-state index in [1.165, 1.54) is 25.0 Å². The lowest BCUT2D eigenvalue weighted by molar-refractivity contribution is 0.0952. The Labute approximate surface area is 78.4 Å². The van der Waals surface area contributed by atoms with Crippen molar-refractivity contribution in [2.75, 3.05) is 12.4 Å². The van der Waals surface area contributed by atoms with E-state index in [0.29, 0.717) is 17.5 Å². The van der Waals surface area contributed by atoms with E-state index < -0.39 is 0 Å². The lowest BCUT2D eigenvalue weighted by atomic mass is 10.1. The Morgan fingerprint density at radius 2 is 2.33 bits per heavy atom. The summed E-state index contributed by atoms with van der Waals surface area (Å²) in [5.74, 6) is 1.32. The molecule has 0 aliphatic carbocycles. The van der Waals surface area contributed by atoms with Crippen molar-refractivity contribution >= 4 is 11.8 Å². The first-order valence-corrected chi connectivity index (χ1v) is 5.90. The number of thioether (sulfide) groups is 1. The van der Waals surface area contributed by atoms with Crippen molar-refractivity contribution in [3.63, 3.8) is 0 Å². The Morgan fingerprint density at radius 3 is 2.92 bits per heavy atom. The van der Waals surface area contributed by atoms with E-state index in [9.17, 15) is 0 Å². The van der Waals surface area contributed by atoms with Crippen molar-refractivity contribution in [2.24, 2.45) is 0 Å². The molecule has 0 aromatic carbocycles. The lowest BCUT2D eigenvalue weighted by Gasteiger charge is -2.26. The summed E-state index contributed by atoms with van der Waals surface area (Å²) in [4.78, 5) is 0. The van der Waals surface area contributed by atoms with Gasteiger partial charge in [-0.3, -0.25) is 5.32 Å². The topological polar surface area (TPSA) is 21.3 Å². The van der Waals surface area contributed by atoms with Crippen LogP contribution in [0.15, 0.2) is 0 Å². The molecule has 2 aliphatic heterocycles. The van der Waals surface area contributed by atoms with E-state index >= 15 is 0 Å². The third-order valence-corrected chi connectivity index (χ3v) is 3.96. The fourth-order valence-electron chi connectivity index (χ4n) is 1.84. The minimum atomic E-state index is 0.338. The zero-order chi connectivity index (χ0) is 8.39. The van der Waals surface area contributed by atoms with Crippen LogP contribution in [0.3, 0.4) is 0 Å². The van der Waals surface area contributed by atoms with Crippen LogP contribution in [0.5, 0.6) is 0 Å². The van der Waals surface area contributed by atoms with E-state index in [-0.39, 0.29) is 0 Å². The van der Waals surface area contributed by atoms with Gasteiger partial charge in [0.2, 0.25) is 0 Å². The molecule has 12 heavy (non-hydrogen) atoms. The Hall–Kier alpha value is 0.270. The van der Waals surface area contributed by atoms with Crippen LogP contribution < -0.4 is 5.32 Å². The quantitative estimate of drug-likeness (QED) is 0.674. The van der Waals surface area contributed by atoms with Gasteiger partial charge in [0.1, 0.15) is 6.23 Å². The molecular weight excluding hydrogens is 170 g/mol. The largest absolute Gasteiger partial charge is 0.361 e. The van der Waals surface area contributed by atoms with Gasteiger partial charge >= 0.3 is 0 Å². The van der Waals surface area contributed by atoms with Gasteiger partial charge in [0.25, 0.3) is 0 Å². The van der Waals surface area contributed by atoms with Gasteiger partial charge in [0, 0.05) is 11.3 Å². The molecule has 0 saturated carbocycles. The Kier molecular flexibility index (Phi) is 2.94. The third kappa shape index (κ3) is 1.95. The van der Waals surface area contributed by atoms with Crippen LogP contribution in [0.4, 0.5) is 0 Å². The molecule has 2 rings (SSSR count). The number of ether oxygens (including phenoxy) is 1.